The summed E-state index contributed by atoms with van der Waals surface area (Å²) in [5, 5.41) is 0.240. The highest BCUT2D eigenvalue weighted by Gasteiger charge is 2.34. The Balaban J connectivity index is 1.83. The number of hydrogen-bond donors (Lipinski definition) is 0. The van der Waals surface area contributed by atoms with Crippen LogP contribution < -0.4 is 10.6 Å². The van der Waals surface area contributed by atoms with Crippen molar-refractivity contribution in [1.29, 1.82) is 0 Å². The Kier molecular flexibility index (Phi) is 7.71. The molecule has 0 amide bonds. The van der Waals surface area contributed by atoms with E-state index < -0.39 is 30.6 Å². The Morgan fingerprint density at radius 2 is 1.09 bits per heavy atom. The number of ketones is 1. The average Bonchev–Trinajstić information content (AvgIpc) is 2.81. The first kappa shape index (κ1) is 25.8. The van der Waals surface area contributed by atoms with E-state index in [-0.39, 0.29) is 29.0 Å². The van der Waals surface area contributed by atoms with Crippen LogP contribution >= 0.6 is 7.14 Å². The van der Waals surface area contributed by atoms with Crippen molar-refractivity contribution in [1.82, 2.24) is 0 Å². The smallest absolute Gasteiger partial charge is 0.314 e. The van der Waals surface area contributed by atoms with Crippen LogP contribution in [-0.4, -0.2) is 11.9 Å². The molecule has 2 nitrogen and oxygen atoms in total. The van der Waals surface area contributed by atoms with E-state index in [2.05, 4.69) is 0 Å². The summed E-state index contributed by atoms with van der Waals surface area (Å²) in [6, 6.07) is 16.3. The van der Waals surface area contributed by atoms with Crippen molar-refractivity contribution >= 4 is 23.5 Å². The van der Waals surface area contributed by atoms with Gasteiger partial charge in [0.1, 0.15) is 7.14 Å². The maximum Gasteiger partial charge on any atom is 0.416 e. The van der Waals surface area contributed by atoms with Gasteiger partial charge in [-0.05, 0) is 37.1 Å². The third kappa shape index (κ3) is 6.17. The quantitative estimate of drug-likeness (QED) is 0.144. The van der Waals surface area contributed by atoms with Crippen LogP contribution in [0.25, 0.3) is 0 Å². The molecular weight excluding hydrogens is 477 g/mol. The number of halogens is 6. The first-order valence-corrected chi connectivity index (χ1v) is 12.3. The maximum absolute atomic E-state index is 14.0. The third-order valence-corrected chi connectivity index (χ3v) is 8.66. The van der Waals surface area contributed by atoms with E-state index in [1.807, 2.05) is 0 Å². The van der Waals surface area contributed by atoms with Crippen LogP contribution in [0.2, 0.25) is 0 Å². The van der Waals surface area contributed by atoms with E-state index in [1.165, 1.54) is 0 Å². The van der Waals surface area contributed by atoms with Crippen LogP contribution in [0.1, 0.15) is 40.7 Å². The Hall–Kier alpha value is -2.86. The molecule has 0 radical (unpaired) electrons. The molecule has 0 aliphatic carbocycles. The van der Waals surface area contributed by atoms with Crippen molar-refractivity contribution in [2.24, 2.45) is 0 Å². The minimum absolute atomic E-state index is 0.00575. The van der Waals surface area contributed by atoms with Crippen LogP contribution in [-0.2, 0) is 16.9 Å². The lowest BCUT2D eigenvalue weighted by molar-refractivity contribution is -0.138. The third-order valence-electron chi connectivity index (χ3n) is 5.45. The van der Waals surface area contributed by atoms with Crippen molar-refractivity contribution in [2.45, 2.75) is 31.6 Å². The summed E-state index contributed by atoms with van der Waals surface area (Å²) < 4.78 is 91.7. The number of carbonyl (C=O) groups is 1. The Morgan fingerprint density at radius 3 is 1.50 bits per heavy atom. The predicted octanol–water partition coefficient (Wildman–Crippen LogP) is 7.09. The van der Waals surface area contributed by atoms with E-state index in [0.29, 0.717) is 18.4 Å². The van der Waals surface area contributed by atoms with Gasteiger partial charge in [0.15, 0.2) is 5.78 Å². The number of alkyl halides is 6. The fraction of sp³-hybridized carbons (Fsp3) is 0.240. The summed E-state index contributed by atoms with van der Waals surface area (Å²) in [5.74, 6) is -0.0977. The highest BCUT2D eigenvalue weighted by Crippen LogP contribution is 2.45. The number of rotatable bonds is 8. The molecule has 3 rings (SSSR count). The van der Waals surface area contributed by atoms with Gasteiger partial charge in [0, 0.05) is 28.8 Å². The molecule has 9 heteroatoms. The van der Waals surface area contributed by atoms with Crippen molar-refractivity contribution in [2.75, 3.05) is 6.16 Å². The van der Waals surface area contributed by atoms with Gasteiger partial charge >= 0.3 is 12.4 Å². The van der Waals surface area contributed by atoms with Crippen molar-refractivity contribution < 1.29 is 35.7 Å². The molecule has 0 aliphatic heterocycles. The predicted molar refractivity (Wildman–Crippen MR) is 119 cm³/mol. The average molecular weight is 498 g/mol. The number of Topliss-reactive ketones (excluding diaryl/α,β-unsaturated/α-hetero) is 1. The summed E-state index contributed by atoms with van der Waals surface area (Å²) in [4.78, 5) is 12.3. The topological polar surface area (TPSA) is 34.1 Å². The molecule has 0 aromatic heterocycles. The lowest BCUT2D eigenvalue weighted by Gasteiger charge is -2.21. The van der Waals surface area contributed by atoms with E-state index in [4.69, 9.17) is 0 Å². The summed E-state index contributed by atoms with van der Waals surface area (Å²) in [5.41, 5.74) is -1.29. The van der Waals surface area contributed by atoms with Crippen LogP contribution in [0.3, 0.4) is 0 Å². The Morgan fingerprint density at radius 1 is 0.647 bits per heavy atom. The lowest BCUT2D eigenvalue weighted by atomic mass is 10.1. The molecule has 0 heterocycles. The van der Waals surface area contributed by atoms with Crippen molar-refractivity contribution in [3.8, 4) is 0 Å². The largest absolute Gasteiger partial charge is 0.416 e. The standard InChI is InChI=1S/C25H21F6O2P/c26-24(27,28)19-9-13-21(14-10-19)34(33,22-15-11-20(12-16-22)25(29,30)31)17-5-4-8-23(32)18-6-2-1-3-7-18/h1-3,6-7,9-16H,4-5,8,17H2. The van der Waals surface area contributed by atoms with Crippen LogP contribution in [0, 0.1) is 0 Å². The van der Waals surface area contributed by atoms with Crippen LogP contribution in [0.5, 0.6) is 0 Å². The molecular formula is C25H21F6O2P. The first-order valence-electron chi connectivity index (χ1n) is 10.4. The molecule has 3 aromatic rings. The van der Waals surface area contributed by atoms with E-state index in [1.54, 1.807) is 30.3 Å². The fourth-order valence-electron chi connectivity index (χ4n) is 3.58. The molecule has 0 spiro atoms. The number of benzene rings is 3. The summed E-state index contributed by atoms with van der Waals surface area (Å²) >= 11 is 0. The molecule has 0 aliphatic rings. The van der Waals surface area contributed by atoms with E-state index in [0.717, 1.165) is 48.5 Å². The second kappa shape index (κ2) is 10.2. The van der Waals surface area contributed by atoms with Gasteiger partial charge in [0.2, 0.25) is 0 Å². The zero-order valence-electron chi connectivity index (χ0n) is 17.9. The van der Waals surface area contributed by atoms with E-state index in [9.17, 15) is 35.7 Å². The molecule has 0 atom stereocenters. The summed E-state index contributed by atoms with van der Waals surface area (Å²) in [6.45, 7) is 0. The summed E-state index contributed by atoms with van der Waals surface area (Å²) in [6.07, 6.45) is -8.28. The molecule has 0 bridgehead atoms. The number of hydrogen-bond acceptors (Lipinski definition) is 2. The molecule has 0 saturated heterocycles. The second-order valence-corrected chi connectivity index (χ2v) is 10.8. The minimum atomic E-state index is -4.57. The zero-order valence-corrected chi connectivity index (χ0v) is 18.8. The van der Waals surface area contributed by atoms with Crippen molar-refractivity contribution in [3.05, 3.63) is 95.6 Å². The molecule has 0 unspecified atom stereocenters. The molecule has 180 valence electrons. The second-order valence-electron chi connectivity index (χ2n) is 7.80. The van der Waals surface area contributed by atoms with Gasteiger partial charge in [0.25, 0.3) is 0 Å². The maximum atomic E-state index is 14.0. The number of carbonyl (C=O) groups excluding carboxylic acids is 1. The molecule has 0 N–H and O–H groups in total. The van der Waals surface area contributed by atoms with Gasteiger partial charge in [-0.15, -0.1) is 0 Å². The summed E-state index contributed by atoms with van der Waals surface area (Å²) in [7, 11) is -3.55. The monoisotopic (exact) mass is 498 g/mol. The molecule has 34 heavy (non-hydrogen) atoms. The Bertz CT molecular complexity index is 1090. The van der Waals surface area contributed by atoms with Crippen molar-refractivity contribution in [3.63, 3.8) is 0 Å². The van der Waals surface area contributed by atoms with Crippen LogP contribution in [0.4, 0.5) is 26.3 Å². The lowest BCUT2D eigenvalue weighted by Crippen LogP contribution is -2.20. The van der Waals surface area contributed by atoms with Gasteiger partial charge in [-0.25, -0.2) is 0 Å². The fourth-order valence-corrected chi connectivity index (χ4v) is 6.32. The first-order chi connectivity index (χ1) is 15.9. The number of unbranched alkanes of at least 4 members (excludes halogenated alkanes) is 1. The van der Waals surface area contributed by atoms with Gasteiger partial charge in [-0.1, -0.05) is 54.6 Å². The van der Waals surface area contributed by atoms with Gasteiger partial charge < -0.3 is 4.57 Å². The van der Waals surface area contributed by atoms with Gasteiger partial charge in [-0.3, -0.25) is 4.79 Å². The molecule has 3 aromatic carbocycles. The van der Waals surface area contributed by atoms with E-state index >= 15 is 0 Å². The minimum Gasteiger partial charge on any atom is -0.314 e. The normalized spacial score (nSPS) is 12.5. The van der Waals surface area contributed by atoms with Gasteiger partial charge in [-0.2, -0.15) is 26.3 Å². The van der Waals surface area contributed by atoms with Gasteiger partial charge in [0.05, 0.1) is 11.1 Å². The SMILES string of the molecule is O=C(CCCCP(=O)(c1ccc(C(F)(F)F)cc1)c1ccc(C(F)(F)F)cc1)c1ccccc1. The highest BCUT2D eigenvalue weighted by atomic mass is 31.2. The molecule has 0 fully saturated rings. The van der Waals surface area contributed by atoms with Crippen LogP contribution in [0.15, 0.2) is 78.9 Å². The highest BCUT2D eigenvalue weighted by molar-refractivity contribution is 7.78. The molecule has 0 saturated carbocycles. The Labute approximate surface area is 193 Å². The zero-order chi connectivity index (χ0) is 25.0.